The lowest BCUT2D eigenvalue weighted by Gasteiger charge is -2.12. The molecule has 0 aliphatic heterocycles. The smallest absolute Gasteiger partial charge is 0.323 e. The van der Waals surface area contributed by atoms with E-state index in [1.54, 1.807) is 24.3 Å². The SMILES string of the molecule is O=NC(=O)C(C(=O)OCc1ccccc1)c1ccc(O)cc1. The van der Waals surface area contributed by atoms with Gasteiger partial charge in [-0.3, -0.25) is 9.59 Å². The number of aromatic hydroxyl groups is 1. The molecule has 2 rings (SSSR count). The first-order valence-corrected chi connectivity index (χ1v) is 6.48. The number of hydrogen-bond acceptors (Lipinski definition) is 5. The summed E-state index contributed by atoms with van der Waals surface area (Å²) in [7, 11) is 0. The van der Waals surface area contributed by atoms with Crippen LogP contribution >= 0.6 is 0 Å². The van der Waals surface area contributed by atoms with Gasteiger partial charge < -0.3 is 9.84 Å². The summed E-state index contributed by atoms with van der Waals surface area (Å²) in [4.78, 5) is 34.2. The molecule has 0 spiro atoms. The van der Waals surface area contributed by atoms with Gasteiger partial charge in [0.2, 0.25) is 0 Å². The van der Waals surface area contributed by atoms with Crippen LogP contribution in [0.5, 0.6) is 5.75 Å². The first-order chi connectivity index (χ1) is 10.6. The van der Waals surface area contributed by atoms with E-state index < -0.39 is 17.8 Å². The standard InChI is InChI=1S/C16H13NO5/c18-13-8-6-12(7-9-13)14(15(19)17-21)16(20)22-10-11-4-2-1-3-5-11/h1-9,14,18H,10H2. The highest BCUT2D eigenvalue weighted by Crippen LogP contribution is 2.22. The number of carbonyl (C=O) groups is 2. The van der Waals surface area contributed by atoms with Crippen LogP contribution in [0.1, 0.15) is 17.0 Å². The molecule has 0 saturated carbocycles. The van der Waals surface area contributed by atoms with Crippen molar-refractivity contribution in [2.75, 3.05) is 0 Å². The number of nitroso groups, excluding NO2 is 1. The summed E-state index contributed by atoms with van der Waals surface area (Å²) in [6.45, 7) is -0.0135. The summed E-state index contributed by atoms with van der Waals surface area (Å²) >= 11 is 0. The number of phenolic OH excluding ortho intramolecular Hbond substituents is 1. The van der Waals surface area contributed by atoms with E-state index >= 15 is 0 Å². The van der Waals surface area contributed by atoms with E-state index in [0.29, 0.717) is 0 Å². The maximum Gasteiger partial charge on any atom is 0.323 e. The molecule has 1 N–H and O–H groups in total. The predicted octanol–water partition coefficient (Wildman–Crippen LogP) is 2.51. The lowest BCUT2D eigenvalue weighted by atomic mass is 9.98. The Bertz CT molecular complexity index is 667. The van der Waals surface area contributed by atoms with Crippen LogP contribution in [0, 0.1) is 4.91 Å². The molecule has 1 unspecified atom stereocenters. The number of phenols is 1. The van der Waals surface area contributed by atoms with E-state index in [9.17, 15) is 19.6 Å². The van der Waals surface area contributed by atoms with Crippen LogP contribution < -0.4 is 0 Å². The minimum atomic E-state index is -1.43. The summed E-state index contributed by atoms with van der Waals surface area (Å²) in [6, 6.07) is 14.3. The van der Waals surface area contributed by atoms with Gasteiger partial charge in [0.15, 0.2) is 5.92 Å². The minimum Gasteiger partial charge on any atom is -0.508 e. The highest BCUT2D eigenvalue weighted by atomic mass is 16.5. The number of benzene rings is 2. The lowest BCUT2D eigenvalue weighted by Crippen LogP contribution is -2.22. The molecule has 22 heavy (non-hydrogen) atoms. The van der Waals surface area contributed by atoms with E-state index in [1.165, 1.54) is 24.3 Å². The fourth-order valence-corrected chi connectivity index (χ4v) is 1.91. The Labute approximate surface area is 126 Å². The third-order valence-corrected chi connectivity index (χ3v) is 3.02. The van der Waals surface area contributed by atoms with Crippen molar-refractivity contribution in [2.45, 2.75) is 12.5 Å². The van der Waals surface area contributed by atoms with Gasteiger partial charge in [0.05, 0.1) is 0 Å². The number of nitrogens with zero attached hydrogens (tertiary/aromatic N) is 1. The Morgan fingerprint density at radius 2 is 1.68 bits per heavy atom. The lowest BCUT2D eigenvalue weighted by molar-refractivity contribution is -0.149. The molecule has 6 heteroatoms. The fraction of sp³-hybridized carbons (Fsp3) is 0.125. The van der Waals surface area contributed by atoms with Crippen LogP contribution in [0.3, 0.4) is 0 Å². The van der Waals surface area contributed by atoms with Crippen LogP contribution in [0.25, 0.3) is 0 Å². The summed E-state index contributed by atoms with van der Waals surface area (Å²) in [6.07, 6.45) is 0. The molecule has 1 atom stereocenters. The van der Waals surface area contributed by atoms with E-state index in [0.717, 1.165) is 5.56 Å². The van der Waals surface area contributed by atoms with Crippen molar-refractivity contribution >= 4 is 11.9 Å². The molecule has 0 radical (unpaired) electrons. The monoisotopic (exact) mass is 299 g/mol. The molecule has 1 amide bonds. The number of carbonyl (C=O) groups excluding carboxylic acids is 2. The third kappa shape index (κ3) is 3.76. The first-order valence-electron chi connectivity index (χ1n) is 6.48. The Kier molecular flexibility index (Phi) is 4.98. The van der Waals surface area contributed by atoms with E-state index in [-0.39, 0.29) is 17.9 Å². The number of ether oxygens (including phenoxy) is 1. The molecule has 6 nitrogen and oxygen atoms in total. The number of esters is 1. The zero-order valence-electron chi connectivity index (χ0n) is 11.5. The van der Waals surface area contributed by atoms with Crippen molar-refractivity contribution in [3.8, 4) is 5.75 Å². The summed E-state index contributed by atoms with van der Waals surface area (Å²) < 4.78 is 5.08. The highest BCUT2D eigenvalue weighted by Gasteiger charge is 2.31. The van der Waals surface area contributed by atoms with Crippen LogP contribution in [-0.4, -0.2) is 17.0 Å². The summed E-state index contributed by atoms with van der Waals surface area (Å²) in [5.41, 5.74) is 0.993. The Hall–Kier alpha value is -3.02. The second-order valence-electron chi connectivity index (χ2n) is 4.55. The van der Waals surface area contributed by atoms with Crippen molar-refractivity contribution in [1.29, 1.82) is 0 Å². The van der Waals surface area contributed by atoms with Gasteiger partial charge in [0.25, 0.3) is 0 Å². The topological polar surface area (TPSA) is 93.0 Å². The van der Waals surface area contributed by atoms with E-state index in [1.807, 2.05) is 6.07 Å². The summed E-state index contributed by atoms with van der Waals surface area (Å²) in [5, 5.41) is 11.6. The van der Waals surface area contributed by atoms with Crippen LogP contribution in [0.15, 0.2) is 59.8 Å². The average molecular weight is 299 g/mol. The van der Waals surface area contributed by atoms with Gasteiger partial charge in [-0.1, -0.05) is 42.5 Å². The zero-order chi connectivity index (χ0) is 15.9. The van der Waals surface area contributed by atoms with Gasteiger partial charge in [-0.25, -0.2) is 0 Å². The maximum atomic E-state index is 12.1. The molecule has 0 fully saturated rings. The van der Waals surface area contributed by atoms with E-state index in [2.05, 4.69) is 5.18 Å². The molecule has 2 aromatic rings. The molecule has 0 aromatic heterocycles. The maximum absolute atomic E-state index is 12.1. The average Bonchev–Trinajstić information content (AvgIpc) is 2.55. The Balaban J connectivity index is 2.15. The zero-order valence-corrected chi connectivity index (χ0v) is 11.5. The van der Waals surface area contributed by atoms with Gasteiger partial charge in [-0.2, -0.15) is 0 Å². The van der Waals surface area contributed by atoms with Crippen LogP contribution in [0.2, 0.25) is 0 Å². The molecule has 0 bridgehead atoms. The highest BCUT2D eigenvalue weighted by molar-refractivity contribution is 6.03. The molecular weight excluding hydrogens is 286 g/mol. The van der Waals surface area contributed by atoms with Crippen LogP contribution in [-0.2, 0) is 20.9 Å². The molecule has 2 aromatic carbocycles. The van der Waals surface area contributed by atoms with Gasteiger partial charge in [-0.15, -0.1) is 4.91 Å². The second kappa shape index (κ2) is 7.12. The van der Waals surface area contributed by atoms with Crippen molar-refractivity contribution in [1.82, 2.24) is 0 Å². The van der Waals surface area contributed by atoms with Crippen molar-refractivity contribution < 1.29 is 19.4 Å². The largest absolute Gasteiger partial charge is 0.508 e. The third-order valence-electron chi connectivity index (χ3n) is 3.02. The second-order valence-corrected chi connectivity index (χ2v) is 4.55. The van der Waals surface area contributed by atoms with Crippen LogP contribution in [0.4, 0.5) is 0 Å². The molecule has 112 valence electrons. The first kappa shape index (κ1) is 15.4. The Morgan fingerprint density at radius 1 is 1.05 bits per heavy atom. The summed E-state index contributed by atoms with van der Waals surface area (Å²) in [5.74, 6) is -3.45. The normalized spacial score (nSPS) is 11.5. The molecular formula is C16H13NO5. The molecule has 0 aliphatic rings. The molecule has 0 aliphatic carbocycles. The van der Waals surface area contributed by atoms with Crippen molar-refractivity contribution in [3.05, 3.63) is 70.6 Å². The van der Waals surface area contributed by atoms with Crippen molar-refractivity contribution in [3.63, 3.8) is 0 Å². The van der Waals surface area contributed by atoms with Gasteiger partial charge >= 0.3 is 11.9 Å². The number of rotatable bonds is 5. The molecule has 0 heterocycles. The van der Waals surface area contributed by atoms with Gasteiger partial charge in [-0.05, 0) is 23.3 Å². The quantitative estimate of drug-likeness (QED) is 0.520. The predicted molar refractivity (Wildman–Crippen MR) is 77.9 cm³/mol. The van der Waals surface area contributed by atoms with Gasteiger partial charge in [0, 0.05) is 5.18 Å². The van der Waals surface area contributed by atoms with E-state index in [4.69, 9.17) is 4.74 Å². The fourth-order valence-electron chi connectivity index (χ4n) is 1.91. The minimum absolute atomic E-state index is 0.0135. The van der Waals surface area contributed by atoms with Crippen molar-refractivity contribution in [2.24, 2.45) is 5.18 Å². The van der Waals surface area contributed by atoms with Gasteiger partial charge in [0.1, 0.15) is 12.4 Å². The number of hydrogen-bond donors (Lipinski definition) is 1. The Morgan fingerprint density at radius 3 is 2.27 bits per heavy atom. The molecule has 0 saturated heterocycles. The number of amides is 1.